The third-order valence-corrected chi connectivity index (χ3v) is 2.66. The smallest absolute Gasteiger partial charge is 0.408 e. The number of rotatable bonds is 5. The highest BCUT2D eigenvalue weighted by Crippen LogP contribution is 2.16. The van der Waals surface area contributed by atoms with Crippen molar-refractivity contribution < 1.29 is 18.8 Å². The van der Waals surface area contributed by atoms with Gasteiger partial charge in [-0.2, -0.15) is 4.98 Å². The van der Waals surface area contributed by atoms with Crippen molar-refractivity contribution in [2.75, 3.05) is 12.0 Å². The van der Waals surface area contributed by atoms with E-state index in [1.54, 1.807) is 39.8 Å². The van der Waals surface area contributed by atoms with Crippen molar-refractivity contribution in [3.05, 3.63) is 24.2 Å². The summed E-state index contributed by atoms with van der Waals surface area (Å²) in [4.78, 5) is 31.3. The number of aryl methyl sites for hydroxylation is 1. The summed E-state index contributed by atoms with van der Waals surface area (Å²) in [6.45, 7) is 6.69. The van der Waals surface area contributed by atoms with Crippen LogP contribution in [0.15, 0.2) is 22.9 Å². The summed E-state index contributed by atoms with van der Waals surface area (Å²) in [7, 11) is 0. The first-order valence-electron chi connectivity index (χ1n) is 7.51. The summed E-state index contributed by atoms with van der Waals surface area (Å²) in [6, 6.07) is 3.35. The van der Waals surface area contributed by atoms with Crippen molar-refractivity contribution in [3.63, 3.8) is 0 Å². The molecule has 0 saturated heterocycles. The van der Waals surface area contributed by atoms with Gasteiger partial charge in [0.05, 0.1) is 5.56 Å². The Balaban J connectivity index is 1.77. The van der Waals surface area contributed by atoms with Gasteiger partial charge in [-0.1, -0.05) is 5.16 Å². The Morgan fingerprint density at radius 2 is 2.04 bits per heavy atom. The Morgan fingerprint density at radius 3 is 2.60 bits per heavy atom. The van der Waals surface area contributed by atoms with Crippen LogP contribution in [0, 0.1) is 6.92 Å². The van der Waals surface area contributed by atoms with Crippen LogP contribution < -0.4 is 16.2 Å². The summed E-state index contributed by atoms with van der Waals surface area (Å²) in [5.74, 6) is 0.846. The molecule has 2 aromatic heterocycles. The molecule has 3 N–H and O–H groups in total. The summed E-state index contributed by atoms with van der Waals surface area (Å²) in [6.07, 6.45) is 0.861. The van der Waals surface area contributed by atoms with Crippen LogP contribution in [0.25, 0.3) is 11.5 Å². The number of nitrogens with zero attached hydrogens (tertiary/aromatic N) is 3. The second kappa shape index (κ2) is 7.60. The summed E-state index contributed by atoms with van der Waals surface area (Å²) in [5, 5.41) is 6.05. The van der Waals surface area contributed by atoms with Crippen LogP contribution in [0.4, 0.5) is 10.6 Å². The van der Waals surface area contributed by atoms with E-state index in [9.17, 15) is 9.59 Å². The molecule has 0 saturated carbocycles. The van der Waals surface area contributed by atoms with Gasteiger partial charge in [0.15, 0.2) is 5.82 Å². The molecule has 0 unspecified atom stereocenters. The third-order valence-electron chi connectivity index (χ3n) is 2.66. The third kappa shape index (κ3) is 6.09. The summed E-state index contributed by atoms with van der Waals surface area (Å²) in [5.41, 5.74) is 5.07. The molecule has 0 aliphatic heterocycles. The van der Waals surface area contributed by atoms with Crippen LogP contribution in [-0.4, -0.2) is 39.3 Å². The highest BCUT2D eigenvalue weighted by Gasteiger charge is 2.16. The normalized spacial score (nSPS) is 10.9. The molecule has 0 spiro atoms. The van der Waals surface area contributed by atoms with E-state index < -0.39 is 17.6 Å². The molecular weight excluding hydrogens is 328 g/mol. The van der Waals surface area contributed by atoms with E-state index in [4.69, 9.17) is 9.26 Å². The number of hydrogen-bond donors (Lipinski definition) is 3. The number of hydrazine groups is 1. The van der Waals surface area contributed by atoms with E-state index in [0.717, 1.165) is 0 Å². The topological polar surface area (TPSA) is 131 Å². The molecule has 25 heavy (non-hydrogen) atoms. The predicted octanol–water partition coefficient (Wildman–Crippen LogP) is 1.41. The first kappa shape index (κ1) is 18.2. The fraction of sp³-hybridized carbons (Fsp3) is 0.400. The number of amides is 2. The van der Waals surface area contributed by atoms with Crippen molar-refractivity contribution in [1.29, 1.82) is 0 Å². The lowest BCUT2D eigenvalue weighted by Gasteiger charge is -2.19. The number of hydrogen-bond acceptors (Lipinski definition) is 8. The van der Waals surface area contributed by atoms with Gasteiger partial charge in [-0.05, 0) is 39.8 Å². The second-order valence-corrected chi connectivity index (χ2v) is 6.11. The molecule has 0 atom stereocenters. The molecular formula is C15H20N6O4. The molecule has 0 fully saturated rings. The van der Waals surface area contributed by atoms with E-state index in [0.29, 0.717) is 23.1 Å². The Kier molecular flexibility index (Phi) is 5.52. The minimum atomic E-state index is -0.667. The minimum Gasteiger partial charge on any atom is -0.444 e. The zero-order chi connectivity index (χ0) is 18.4. The minimum absolute atomic E-state index is 0.235. The Bertz CT molecular complexity index is 735. The lowest BCUT2D eigenvalue weighted by atomic mass is 10.2. The fourth-order valence-corrected chi connectivity index (χ4v) is 1.65. The fourth-order valence-electron chi connectivity index (χ4n) is 1.65. The zero-order valence-corrected chi connectivity index (χ0v) is 14.4. The number of nitrogens with one attached hydrogen (secondary N) is 3. The lowest BCUT2D eigenvalue weighted by Crippen LogP contribution is -2.41. The van der Waals surface area contributed by atoms with Crippen LogP contribution >= 0.6 is 0 Å². The zero-order valence-electron chi connectivity index (χ0n) is 14.4. The summed E-state index contributed by atoms with van der Waals surface area (Å²) < 4.78 is 10.1. The lowest BCUT2D eigenvalue weighted by molar-refractivity contribution is -0.119. The maximum atomic E-state index is 11.7. The van der Waals surface area contributed by atoms with E-state index in [1.165, 1.54) is 6.20 Å². The SMILES string of the molecule is Cc1noc(-c2ccc(NNC(=O)CNC(=O)OC(C)(C)C)nc2)n1. The maximum Gasteiger partial charge on any atom is 0.408 e. The second-order valence-electron chi connectivity index (χ2n) is 6.11. The molecule has 10 heteroatoms. The van der Waals surface area contributed by atoms with Crippen molar-refractivity contribution in [2.45, 2.75) is 33.3 Å². The van der Waals surface area contributed by atoms with E-state index >= 15 is 0 Å². The van der Waals surface area contributed by atoms with Gasteiger partial charge in [0.1, 0.15) is 18.0 Å². The van der Waals surface area contributed by atoms with Gasteiger partial charge in [-0.25, -0.2) is 9.78 Å². The van der Waals surface area contributed by atoms with Gasteiger partial charge in [0.2, 0.25) is 0 Å². The molecule has 0 aliphatic carbocycles. The average molecular weight is 348 g/mol. The van der Waals surface area contributed by atoms with Gasteiger partial charge in [-0.15, -0.1) is 0 Å². The summed E-state index contributed by atoms with van der Waals surface area (Å²) >= 11 is 0. The largest absolute Gasteiger partial charge is 0.444 e. The number of carbonyl (C=O) groups excluding carboxylic acids is 2. The van der Waals surface area contributed by atoms with Crippen molar-refractivity contribution >= 4 is 17.8 Å². The maximum absolute atomic E-state index is 11.7. The number of aromatic nitrogens is 3. The van der Waals surface area contributed by atoms with Gasteiger partial charge >= 0.3 is 6.09 Å². The van der Waals surface area contributed by atoms with Crippen LogP contribution in [0.3, 0.4) is 0 Å². The Morgan fingerprint density at radius 1 is 1.28 bits per heavy atom. The Labute approximate surface area is 144 Å². The first-order valence-corrected chi connectivity index (χ1v) is 7.51. The Hall–Kier alpha value is -3.17. The standard InChI is InChI=1S/C15H20N6O4/c1-9-18-13(25-21-9)10-5-6-11(16-7-10)19-20-12(22)8-17-14(23)24-15(2,3)4/h5-7H,8H2,1-4H3,(H,16,19)(H,17,23)(H,20,22). The number of anilines is 1. The molecule has 2 heterocycles. The average Bonchev–Trinajstić information content (AvgIpc) is 2.96. The van der Waals surface area contributed by atoms with Crippen molar-refractivity contribution in [2.24, 2.45) is 0 Å². The number of pyridine rings is 1. The molecule has 10 nitrogen and oxygen atoms in total. The van der Waals surface area contributed by atoms with Gasteiger partial charge in [0, 0.05) is 6.20 Å². The van der Waals surface area contributed by atoms with Crippen LogP contribution in [0.5, 0.6) is 0 Å². The highest BCUT2D eigenvalue weighted by atomic mass is 16.6. The monoisotopic (exact) mass is 348 g/mol. The highest BCUT2D eigenvalue weighted by molar-refractivity contribution is 5.83. The van der Waals surface area contributed by atoms with E-state index in [2.05, 4.69) is 31.3 Å². The molecule has 0 bridgehead atoms. The predicted molar refractivity (Wildman–Crippen MR) is 88.3 cm³/mol. The first-order chi connectivity index (χ1) is 11.7. The number of alkyl carbamates (subject to hydrolysis) is 1. The number of carbonyl (C=O) groups is 2. The van der Waals surface area contributed by atoms with E-state index in [-0.39, 0.29) is 6.54 Å². The molecule has 2 rings (SSSR count). The van der Waals surface area contributed by atoms with Gasteiger partial charge in [-0.3, -0.25) is 15.6 Å². The van der Waals surface area contributed by atoms with Crippen LogP contribution in [0.1, 0.15) is 26.6 Å². The molecule has 0 radical (unpaired) electrons. The van der Waals surface area contributed by atoms with Crippen LogP contribution in [0.2, 0.25) is 0 Å². The quantitative estimate of drug-likeness (QED) is 0.691. The number of ether oxygens (including phenoxy) is 1. The van der Waals surface area contributed by atoms with Gasteiger partial charge < -0.3 is 14.6 Å². The molecule has 0 aromatic carbocycles. The molecule has 134 valence electrons. The van der Waals surface area contributed by atoms with Crippen molar-refractivity contribution in [3.8, 4) is 11.5 Å². The van der Waals surface area contributed by atoms with Crippen molar-refractivity contribution in [1.82, 2.24) is 25.9 Å². The molecule has 0 aliphatic rings. The molecule has 2 amide bonds. The van der Waals surface area contributed by atoms with E-state index in [1.807, 2.05) is 0 Å². The molecule has 2 aromatic rings. The van der Waals surface area contributed by atoms with Crippen LogP contribution in [-0.2, 0) is 9.53 Å². The van der Waals surface area contributed by atoms with Gasteiger partial charge in [0.25, 0.3) is 11.8 Å².